The Morgan fingerprint density at radius 1 is 1.00 bits per heavy atom. The van der Waals surface area contributed by atoms with Crippen LogP contribution in [-0.2, 0) is 6.54 Å². The highest BCUT2D eigenvalue weighted by Gasteiger charge is 2.32. The number of hydrogen-bond acceptors (Lipinski definition) is 4. The molecule has 3 N–H and O–H groups in total. The van der Waals surface area contributed by atoms with Gasteiger partial charge < -0.3 is 16.0 Å². The third kappa shape index (κ3) is 6.01. The van der Waals surface area contributed by atoms with Gasteiger partial charge in [0.1, 0.15) is 11.6 Å². The van der Waals surface area contributed by atoms with Gasteiger partial charge in [0.2, 0.25) is 0 Å². The molecule has 1 fully saturated rings. The Hall–Kier alpha value is -3.36. The van der Waals surface area contributed by atoms with Crippen LogP contribution in [0.25, 0.3) is 0 Å². The molecule has 2 atom stereocenters. The molecule has 6 nitrogen and oxygen atoms in total. The smallest absolute Gasteiger partial charge is 0.255 e. The Kier molecular flexibility index (Phi) is 7.73. The molecule has 182 valence electrons. The highest BCUT2D eigenvalue weighted by molar-refractivity contribution is 6.31. The quantitative estimate of drug-likeness (QED) is 0.490. The van der Waals surface area contributed by atoms with Gasteiger partial charge in [0, 0.05) is 58.9 Å². The summed E-state index contributed by atoms with van der Waals surface area (Å²) in [4.78, 5) is 31.5. The van der Waals surface area contributed by atoms with Crippen LogP contribution in [0.1, 0.15) is 52.0 Å². The zero-order valence-corrected chi connectivity index (χ0v) is 19.6. The molecule has 2 amide bonds. The first-order chi connectivity index (χ1) is 16.8. The van der Waals surface area contributed by atoms with Gasteiger partial charge in [0.15, 0.2) is 0 Å². The molecule has 35 heavy (non-hydrogen) atoms. The average Bonchev–Trinajstić information content (AvgIpc) is 2.84. The van der Waals surface area contributed by atoms with Crippen LogP contribution < -0.4 is 11.1 Å². The molecule has 0 saturated heterocycles. The molecule has 3 aromatic rings. The first-order valence-corrected chi connectivity index (χ1v) is 11.7. The second-order valence-corrected chi connectivity index (χ2v) is 9.01. The second kappa shape index (κ2) is 10.9. The summed E-state index contributed by atoms with van der Waals surface area (Å²) in [5, 5.41) is 3.20. The molecular weight excluding hydrogens is 474 g/mol. The number of aromatic nitrogens is 1. The minimum absolute atomic E-state index is 0.0626. The third-order valence-corrected chi connectivity index (χ3v) is 6.51. The minimum atomic E-state index is -0.833. The molecule has 1 aromatic heterocycles. The third-order valence-electron chi connectivity index (χ3n) is 6.14. The van der Waals surface area contributed by atoms with Gasteiger partial charge in [-0.3, -0.25) is 14.6 Å². The first kappa shape index (κ1) is 24.8. The Balaban J connectivity index is 1.64. The lowest BCUT2D eigenvalue weighted by Gasteiger charge is -2.38. The van der Waals surface area contributed by atoms with E-state index in [-0.39, 0.29) is 30.1 Å². The van der Waals surface area contributed by atoms with Crippen molar-refractivity contribution in [2.75, 3.05) is 5.32 Å². The summed E-state index contributed by atoms with van der Waals surface area (Å²) >= 11 is 6.46. The maximum Gasteiger partial charge on any atom is 0.255 e. The molecule has 2 unspecified atom stereocenters. The van der Waals surface area contributed by atoms with E-state index in [0.29, 0.717) is 28.3 Å². The summed E-state index contributed by atoms with van der Waals surface area (Å²) in [6, 6.07) is 10.3. The molecule has 0 radical (unpaired) electrons. The summed E-state index contributed by atoms with van der Waals surface area (Å²) < 4.78 is 27.8. The van der Waals surface area contributed by atoms with Crippen molar-refractivity contribution in [2.45, 2.75) is 44.3 Å². The zero-order valence-electron chi connectivity index (χ0n) is 18.9. The van der Waals surface area contributed by atoms with E-state index >= 15 is 0 Å². The average molecular weight is 499 g/mol. The number of amides is 2. The number of nitrogens with two attached hydrogens (primary N) is 1. The predicted octanol–water partition coefficient (Wildman–Crippen LogP) is 5.18. The normalized spacial score (nSPS) is 17.6. The van der Waals surface area contributed by atoms with Crippen LogP contribution in [0.15, 0.2) is 60.9 Å². The van der Waals surface area contributed by atoms with Gasteiger partial charge in [0.05, 0.1) is 0 Å². The van der Waals surface area contributed by atoms with Crippen molar-refractivity contribution in [3.8, 4) is 0 Å². The Morgan fingerprint density at radius 3 is 2.37 bits per heavy atom. The number of nitrogens with one attached hydrogen (secondary N) is 1. The minimum Gasteiger partial charge on any atom is -0.330 e. The van der Waals surface area contributed by atoms with E-state index in [9.17, 15) is 18.4 Å². The highest BCUT2D eigenvalue weighted by atomic mass is 35.5. The van der Waals surface area contributed by atoms with E-state index in [1.807, 2.05) is 0 Å². The number of anilines is 1. The molecule has 0 bridgehead atoms. The SMILES string of the molecule is NC1CCCCC1N(Cc1cc(NC(=O)c2ccncc2)ccc1Cl)C(=O)c1cc(F)cc(F)c1. The van der Waals surface area contributed by atoms with Gasteiger partial charge in [-0.2, -0.15) is 0 Å². The van der Waals surface area contributed by atoms with Crippen LogP contribution in [0.3, 0.4) is 0 Å². The van der Waals surface area contributed by atoms with Crippen molar-refractivity contribution in [3.63, 3.8) is 0 Å². The van der Waals surface area contributed by atoms with Crippen LogP contribution in [0.5, 0.6) is 0 Å². The van der Waals surface area contributed by atoms with E-state index in [1.54, 1.807) is 30.3 Å². The fourth-order valence-corrected chi connectivity index (χ4v) is 4.55. The number of hydrogen-bond donors (Lipinski definition) is 2. The number of carbonyl (C=O) groups is 2. The number of carbonyl (C=O) groups excluding carboxylic acids is 2. The van der Waals surface area contributed by atoms with Crippen LogP contribution in [0, 0.1) is 11.6 Å². The molecule has 1 heterocycles. The summed E-state index contributed by atoms with van der Waals surface area (Å²) in [6.07, 6.45) is 6.28. The fourth-order valence-electron chi connectivity index (χ4n) is 4.37. The Labute approximate surface area is 207 Å². The molecular formula is C26H25ClF2N4O2. The number of halogens is 3. The molecule has 0 aliphatic heterocycles. The van der Waals surface area contributed by atoms with Gasteiger partial charge in [-0.1, -0.05) is 24.4 Å². The maximum atomic E-state index is 13.9. The Bertz CT molecular complexity index is 1200. The van der Waals surface area contributed by atoms with Crippen LogP contribution >= 0.6 is 11.6 Å². The molecule has 1 aliphatic carbocycles. The van der Waals surface area contributed by atoms with Gasteiger partial charge in [0.25, 0.3) is 11.8 Å². The van der Waals surface area contributed by atoms with Gasteiger partial charge in [-0.05, 0) is 60.9 Å². The standard InChI is InChI=1S/C26H25ClF2N4O2/c27-22-6-5-21(32-25(34)16-7-9-31-10-8-16)13-18(22)15-33(24-4-2-1-3-23(24)30)26(35)17-11-19(28)14-20(29)12-17/h5-14,23-24H,1-4,15,30H2,(H,32,34). The van der Waals surface area contributed by atoms with E-state index in [0.717, 1.165) is 37.5 Å². The number of pyridine rings is 1. The lowest BCUT2D eigenvalue weighted by Crippen LogP contribution is -2.51. The molecule has 1 aliphatic rings. The van der Waals surface area contributed by atoms with Crippen molar-refractivity contribution in [1.29, 1.82) is 0 Å². The fraction of sp³-hybridized carbons (Fsp3) is 0.269. The second-order valence-electron chi connectivity index (χ2n) is 8.60. The van der Waals surface area contributed by atoms with Crippen LogP contribution in [0.4, 0.5) is 14.5 Å². The van der Waals surface area contributed by atoms with E-state index < -0.39 is 17.5 Å². The van der Waals surface area contributed by atoms with Gasteiger partial charge >= 0.3 is 0 Å². The summed E-state index contributed by atoms with van der Waals surface area (Å²) in [6.45, 7) is 0.0626. The van der Waals surface area contributed by atoms with Gasteiger partial charge in [-0.25, -0.2) is 8.78 Å². The summed E-state index contributed by atoms with van der Waals surface area (Å²) in [7, 11) is 0. The number of benzene rings is 2. The van der Waals surface area contributed by atoms with Crippen molar-refractivity contribution in [3.05, 3.63) is 94.3 Å². The van der Waals surface area contributed by atoms with Crippen molar-refractivity contribution >= 4 is 29.1 Å². The molecule has 9 heteroatoms. The maximum absolute atomic E-state index is 13.9. The van der Waals surface area contributed by atoms with Crippen molar-refractivity contribution < 1.29 is 18.4 Å². The summed E-state index contributed by atoms with van der Waals surface area (Å²) in [5.74, 6) is -2.52. The highest BCUT2D eigenvalue weighted by Crippen LogP contribution is 2.29. The monoisotopic (exact) mass is 498 g/mol. The number of rotatable bonds is 6. The van der Waals surface area contributed by atoms with Crippen molar-refractivity contribution in [2.24, 2.45) is 5.73 Å². The topological polar surface area (TPSA) is 88.3 Å². The van der Waals surface area contributed by atoms with Crippen molar-refractivity contribution in [1.82, 2.24) is 9.88 Å². The lowest BCUT2D eigenvalue weighted by molar-refractivity contribution is 0.0582. The van der Waals surface area contributed by atoms with Gasteiger partial charge in [-0.15, -0.1) is 0 Å². The molecule has 0 spiro atoms. The first-order valence-electron chi connectivity index (χ1n) is 11.3. The Morgan fingerprint density at radius 2 is 1.69 bits per heavy atom. The van der Waals surface area contributed by atoms with E-state index in [2.05, 4.69) is 10.3 Å². The van der Waals surface area contributed by atoms with E-state index in [1.165, 1.54) is 17.3 Å². The number of nitrogens with zero attached hydrogens (tertiary/aromatic N) is 2. The van der Waals surface area contributed by atoms with Crippen LogP contribution in [-0.4, -0.2) is 33.8 Å². The van der Waals surface area contributed by atoms with E-state index in [4.69, 9.17) is 17.3 Å². The molecule has 4 rings (SSSR count). The largest absolute Gasteiger partial charge is 0.330 e. The zero-order chi connectivity index (χ0) is 24.9. The molecule has 2 aromatic carbocycles. The lowest BCUT2D eigenvalue weighted by atomic mass is 9.89. The summed E-state index contributed by atoms with van der Waals surface area (Å²) in [5.41, 5.74) is 7.77. The predicted molar refractivity (Wildman–Crippen MR) is 130 cm³/mol. The van der Waals surface area contributed by atoms with Crippen LogP contribution in [0.2, 0.25) is 5.02 Å². The molecule has 1 saturated carbocycles.